The quantitative estimate of drug-likeness (QED) is 0.806. The molecule has 1 aromatic rings. The maximum absolute atomic E-state index is 11.1. The lowest BCUT2D eigenvalue weighted by Crippen LogP contribution is -2.39. The van der Waals surface area contributed by atoms with E-state index >= 15 is 0 Å². The van der Waals surface area contributed by atoms with Gasteiger partial charge in [-0.2, -0.15) is 0 Å². The van der Waals surface area contributed by atoms with E-state index in [0.717, 1.165) is 5.56 Å². The van der Waals surface area contributed by atoms with Crippen LogP contribution in [0.25, 0.3) is 0 Å². The van der Waals surface area contributed by atoms with Crippen LogP contribution in [0.4, 0.5) is 0 Å². The molecule has 108 valence electrons. The Kier molecular flexibility index (Phi) is 5.47. The lowest BCUT2D eigenvalue weighted by molar-refractivity contribution is -0.125. The van der Waals surface area contributed by atoms with Crippen LogP contribution in [0.1, 0.15) is 18.9 Å². The predicted molar refractivity (Wildman–Crippen MR) is 75.2 cm³/mol. The number of aliphatic hydroxyl groups is 1. The number of Topliss-reactive ketones (excluding diaryl/α,β-unsaturated/α-hetero) is 1. The van der Waals surface area contributed by atoms with E-state index in [4.69, 9.17) is 9.47 Å². The van der Waals surface area contributed by atoms with E-state index in [1.54, 1.807) is 12.2 Å². The van der Waals surface area contributed by atoms with E-state index in [9.17, 15) is 9.90 Å². The molecule has 4 nitrogen and oxygen atoms in total. The first-order valence-corrected chi connectivity index (χ1v) is 6.78. The van der Waals surface area contributed by atoms with Crippen molar-refractivity contribution in [1.82, 2.24) is 0 Å². The van der Waals surface area contributed by atoms with Crippen molar-refractivity contribution in [2.24, 2.45) is 0 Å². The summed E-state index contributed by atoms with van der Waals surface area (Å²) in [7, 11) is 0. The minimum absolute atomic E-state index is 0.0694. The highest BCUT2D eigenvalue weighted by Crippen LogP contribution is 2.16. The van der Waals surface area contributed by atoms with Gasteiger partial charge in [-0.3, -0.25) is 4.79 Å². The summed E-state index contributed by atoms with van der Waals surface area (Å²) >= 11 is 0. The molecule has 1 aliphatic heterocycles. The highest BCUT2D eigenvalue weighted by Gasteiger charge is 2.26. The molecule has 2 rings (SSSR count). The average Bonchev–Trinajstić information content (AvgIpc) is 2.43. The molecule has 0 spiro atoms. The maximum atomic E-state index is 11.1. The van der Waals surface area contributed by atoms with Crippen molar-refractivity contribution in [1.29, 1.82) is 0 Å². The van der Waals surface area contributed by atoms with Gasteiger partial charge in [-0.05, 0) is 12.5 Å². The molecule has 4 heteroatoms. The summed E-state index contributed by atoms with van der Waals surface area (Å²) in [6.45, 7) is 2.31. The fourth-order valence-electron chi connectivity index (χ4n) is 2.12. The van der Waals surface area contributed by atoms with Gasteiger partial charge in [-0.1, -0.05) is 42.5 Å². The largest absolute Gasteiger partial charge is 0.386 e. The van der Waals surface area contributed by atoms with Crippen LogP contribution >= 0.6 is 0 Å². The van der Waals surface area contributed by atoms with E-state index in [0.29, 0.717) is 19.6 Å². The molecule has 0 fully saturated rings. The Balaban J connectivity index is 1.80. The second-order valence-corrected chi connectivity index (χ2v) is 5.00. The van der Waals surface area contributed by atoms with Crippen molar-refractivity contribution in [3.63, 3.8) is 0 Å². The Morgan fingerprint density at radius 2 is 2.05 bits per heavy atom. The SMILES string of the molecule is CC(=O)C[C@@H]1C=C[C@H](O)[C@@H](COCc2ccccc2)O1. The predicted octanol–water partition coefficient (Wildman–Crippen LogP) is 1.87. The number of carbonyl (C=O) groups is 1. The van der Waals surface area contributed by atoms with Crippen molar-refractivity contribution in [2.45, 2.75) is 38.3 Å². The van der Waals surface area contributed by atoms with Crippen LogP contribution in [0.3, 0.4) is 0 Å². The second kappa shape index (κ2) is 7.33. The molecule has 0 saturated carbocycles. The lowest BCUT2D eigenvalue weighted by Gasteiger charge is -2.29. The maximum Gasteiger partial charge on any atom is 0.132 e. The average molecular weight is 276 g/mol. The standard InChI is InChI=1S/C16H20O4/c1-12(17)9-14-7-8-15(18)16(20-14)11-19-10-13-5-3-2-4-6-13/h2-8,14-16,18H,9-11H2,1H3/t14-,15-,16+/m0/s1. The summed E-state index contributed by atoms with van der Waals surface area (Å²) in [4.78, 5) is 11.1. The van der Waals surface area contributed by atoms with Gasteiger partial charge in [0, 0.05) is 6.42 Å². The van der Waals surface area contributed by atoms with Crippen LogP contribution < -0.4 is 0 Å². The first-order chi connectivity index (χ1) is 9.65. The van der Waals surface area contributed by atoms with E-state index < -0.39 is 12.2 Å². The van der Waals surface area contributed by atoms with Crippen LogP contribution in [0.2, 0.25) is 0 Å². The van der Waals surface area contributed by atoms with Crippen molar-refractivity contribution < 1.29 is 19.4 Å². The summed E-state index contributed by atoms with van der Waals surface area (Å²) in [6, 6.07) is 9.83. The Morgan fingerprint density at radius 1 is 1.30 bits per heavy atom. The molecular formula is C16H20O4. The smallest absolute Gasteiger partial charge is 0.132 e. The third kappa shape index (κ3) is 4.56. The molecule has 0 aliphatic carbocycles. The second-order valence-electron chi connectivity index (χ2n) is 5.00. The van der Waals surface area contributed by atoms with Crippen LogP contribution in [0.5, 0.6) is 0 Å². The Hall–Kier alpha value is -1.49. The molecule has 1 aliphatic rings. The molecule has 0 amide bonds. The van der Waals surface area contributed by atoms with Crippen molar-refractivity contribution >= 4 is 5.78 Å². The summed E-state index contributed by atoms with van der Waals surface area (Å²) in [5.41, 5.74) is 1.08. The highest BCUT2D eigenvalue weighted by atomic mass is 16.5. The highest BCUT2D eigenvalue weighted by molar-refractivity contribution is 5.76. The van der Waals surface area contributed by atoms with E-state index in [2.05, 4.69) is 0 Å². The van der Waals surface area contributed by atoms with E-state index in [1.807, 2.05) is 30.3 Å². The van der Waals surface area contributed by atoms with Gasteiger partial charge in [0.1, 0.15) is 18.0 Å². The summed E-state index contributed by atoms with van der Waals surface area (Å²) in [5.74, 6) is 0.0694. The number of rotatable bonds is 6. The fraction of sp³-hybridized carbons (Fsp3) is 0.438. The minimum atomic E-state index is -0.686. The normalized spacial score (nSPS) is 25.6. The Morgan fingerprint density at radius 3 is 2.75 bits per heavy atom. The van der Waals surface area contributed by atoms with Gasteiger partial charge < -0.3 is 14.6 Å². The molecule has 1 aromatic carbocycles. The van der Waals surface area contributed by atoms with Crippen LogP contribution in [0.15, 0.2) is 42.5 Å². The summed E-state index contributed by atoms with van der Waals surface area (Å²) in [6.07, 6.45) is 2.37. The Bertz CT molecular complexity index is 455. The third-order valence-electron chi connectivity index (χ3n) is 3.14. The molecule has 0 unspecified atom stereocenters. The molecular weight excluding hydrogens is 256 g/mol. The van der Waals surface area contributed by atoms with E-state index in [-0.39, 0.29) is 11.9 Å². The Labute approximate surface area is 119 Å². The first kappa shape index (κ1) is 14.9. The molecule has 0 aromatic heterocycles. The third-order valence-corrected chi connectivity index (χ3v) is 3.14. The molecule has 0 saturated heterocycles. The first-order valence-electron chi connectivity index (χ1n) is 6.78. The zero-order valence-corrected chi connectivity index (χ0v) is 11.6. The monoisotopic (exact) mass is 276 g/mol. The number of hydrogen-bond donors (Lipinski definition) is 1. The molecule has 20 heavy (non-hydrogen) atoms. The van der Waals surface area contributed by atoms with Crippen molar-refractivity contribution in [3.8, 4) is 0 Å². The molecule has 1 heterocycles. The molecule has 0 bridgehead atoms. The van der Waals surface area contributed by atoms with Gasteiger partial charge in [0.25, 0.3) is 0 Å². The summed E-state index contributed by atoms with van der Waals surface area (Å²) in [5, 5.41) is 9.84. The van der Waals surface area contributed by atoms with Gasteiger partial charge in [-0.15, -0.1) is 0 Å². The zero-order valence-electron chi connectivity index (χ0n) is 11.6. The lowest BCUT2D eigenvalue weighted by atomic mass is 10.1. The van der Waals surface area contributed by atoms with Gasteiger partial charge in [-0.25, -0.2) is 0 Å². The van der Waals surface area contributed by atoms with Crippen LogP contribution in [-0.4, -0.2) is 35.8 Å². The number of carbonyl (C=O) groups excluding carboxylic acids is 1. The van der Waals surface area contributed by atoms with E-state index in [1.165, 1.54) is 6.92 Å². The number of ketones is 1. The number of hydrogen-bond acceptors (Lipinski definition) is 4. The van der Waals surface area contributed by atoms with Gasteiger partial charge >= 0.3 is 0 Å². The van der Waals surface area contributed by atoms with Gasteiger partial charge in [0.15, 0.2) is 0 Å². The number of ether oxygens (including phenoxy) is 2. The molecule has 1 N–H and O–H groups in total. The van der Waals surface area contributed by atoms with Crippen LogP contribution in [-0.2, 0) is 20.9 Å². The van der Waals surface area contributed by atoms with Crippen LogP contribution in [0, 0.1) is 0 Å². The number of aliphatic hydroxyl groups excluding tert-OH is 1. The van der Waals surface area contributed by atoms with Crippen molar-refractivity contribution in [2.75, 3.05) is 6.61 Å². The molecule has 3 atom stereocenters. The van der Waals surface area contributed by atoms with Gasteiger partial charge in [0.05, 0.1) is 19.3 Å². The topological polar surface area (TPSA) is 55.8 Å². The van der Waals surface area contributed by atoms with Crippen molar-refractivity contribution in [3.05, 3.63) is 48.0 Å². The summed E-state index contributed by atoms with van der Waals surface area (Å²) < 4.78 is 11.2. The fourth-order valence-corrected chi connectivity index (χ4v) is 2.12. The zero-order chi connectivity index (χ0) is 14.4. The number of benzene rings is 1. The molecule has 0 radical (unpaired) electrons. The minimum Gasteiger partial charge on any atom is -0.386 e. The van der Waals surface area contributed by atoms with Gasteiger partial charge in [0.2, 0.25) is 0 Å².